The number of aryl methyl sites for hydroxylation is 1. The van der Waals surface area contributed by atoms with E-state index in [2.05, 4.69) is 5.32 Å². The van der Waals surface area contributed by atoms with Crippen LogP contribution in [0.4, 0.5) is 0 Å². The van der Waals surface area contributed by atoms with Gasteiger partial charge in [0, 0.05) is 6.04 Å². The first-order valence-electron chi connectivity index (χ1n) is 5.76. The Bertz CT molecular complexity index is 382. The summed E-state index contributed by atoms with van der Waals surface area (Å²) in [7, 11) is 1.58. The molecule has 0 heterocycles. The molecule has 0 aliphatic rings. The van der Waals surface area contributed by atoms with E-state index >= 15 is 0 Å². The van der Waals surface area contributed by atoms with Gasteiger partial charge < -0.3 is 15.2 Å². The summed E-state index contributed by atoms with van der Waals surface area (Å²) in [5, 5.41) is 13.9. The Labute approximate surface area is 108 Å². The first kappa shape index (κ1) is 14.3. The third kappa shape index (κ3) is 3.35. The lowest BCUT2D eigenvalue weighted by Gasteiger charge is -2.22. The Morgan fingerprint density at radius 2 is 2.12 bits per heavy atom. The number of hydrogen-bond acceptors (Lipinski definition) is 3. The minimum Gasteiger partial charge on any atom is -0.495 e. The summed E-state index contributed by atoms with van der Waals surface area (Å²) < 4.78 is 5.14. The molecular formula is C13H20ClNO2. The largest absolute Gasteiger partial charge is 0.495 e. The second kappa shape index (κ2) is 6.24. The maximum atomic E-state index is 10.2. The van der Waals surface area contributed by atoms with Crippen molar-refractivity contribution in [1.29, 1.82) is 0 Å². The Morgan fingerprint density at radius 3 is 2.65 bits per heavy atom. The lowest BCUT2D eigenvalue weighted by Crippen LogP contribution is -2.32. The molecule has 0 bridgehead atoms. The Kier molecular flexibility index (Phi) is 5.25. The fraction of sp³-hybridized carbons (Fsp3) is 0.538. The number of halogens is 1. The molecule has 1 aromatic carbocycles. The zero-order valence-corrected chi connectivity index (χ0v) is 11.5. The zero-order valence-electron chi connectivity index (χ0n) is 10.7. The number of ether oxygens (including phenoxy) is 1. The van der Waals surface area contributed by atoms with E-state index in [0.29, 0.717) is 10.8 Å². The summed E-state index contributed by atoms with van der Waals surface area (Å²) in [5.74, 6) is 0.635. The number of rotatable bonds is 5. The van der Waals surface area contributed by atoms with Crippen molar-refractivity contribution in [2.75, 3.05) is 13.7 Å². The average Bonchev–Trinajstić information content (AvgIpc) is 2.31. The van der Waals surface area contributed by atoms with E-state index in [9.17, 15) is 5.11 Å². The fourth-order valence-electron chi connectivity index (χ4n) is 1.85. The van der Waals surface area contributed by atoms with Crippen molar-refractivity contribution in [1.82, 2.24) is 5.32 Å². The molecule has 0 amide bonds. The molecule has 0 saturated carbocycles. The van der Waals surface area contributed by atoms with Gasteiger partial charge in [0.2, 0.25) is 0 Å². The first-order chi connectivity index (χ1) is 8.01. The average molecular weight is 258 g/mol. The van der Waals surface area contributed by atoms with Gasteiger partial charge in [0.25, 0.3) is 0 Å². The summed E-state index contributed by atoms with van der Waals surface area (Å²) in [5.41, 5.74) is 1.81. The molecule has 0 radical (unpaired) electrons. The Balaban J connectivity index is 3.01. The minimum absolute atomic E-state index is 0.0110. The summed E-state index contributed by atoms with van der Waals surface area (Å²) in [6.07, 6.45) is -0.571. The predicted molar refractivity (Wildman–Crippen MR) is 70.8 cm³/mol. The first-order valence-corrected chi connectivity index (χ1v) is 6.14. The SMILES string of the molecule is CCNC(C)C(O)c1cc(Cl)c(OC)cc1C. The molecule has 0 aliphatic heterocycles. The van der Waals surface area contributed by atoms with Gasteiger partial charge in [0.15, 0.2) is 0 Å². The van der Waals surface area contributed by atoms with Gasteiger partial charge in [-0.15, -0.1) is 0 Å². The van der Waals surface area contributed by atoms with Crippen LogP contribution >= 0.6 is 11.6 Å². The van der Waals surface area contributed by atoms with Crippen LogP contribution < -0.4 is 10.1 Å². The summed E-state index contributed by atoms with van der Waals surface area (Å²) in [6.45, 7) is 6.72. The number of benzene rings is 1. The number of nitrogens with one attached hydrogen (secondary N) is 1. The van der Waals surface area contributed by atoms with Gasteiger partial charge in [-0.2, -0.15) is 0 Å². The molecule has 1 aromatic rings. The second-order valence-electron chi connectivity index (χ2n) is 4.13. The maximum Gasteiger partial charge on any atom is 0.137 e. The lowest BCUT2D eigenvalue weighted by molar-refractivity contribution is 0.136. The van der Waals surface area contributed by atoms with E-state index in [0.717, 1.165) is 17.7 Å². The van der Waals surface area contributed by atoms with Gasteiger partial charge in [-0.1, -0.05) is 18.5 Å². The van der Waals surface area contributed by atoms with Crippen LogP contribution in [-0.2, 0) is 0 Å². The molecular weight excluding hydrogens is 238 g/mol. The third-order valence-corrected chi connectivity index (χ3v) is 3.15. The van der Waals surface area contributed by atoms with Crippen LogP contribution in [0.15, 0.2) is 12.1 Å². The number of aliphatic hydroxyl groups excluding tert-OH is 1. The van der Waals surface area contributed by atoms with E-state index in [4.69, 9.17) is 16.3 Å². The monoisotopic (exact) mass is 257 g/mol. The van der Waals surface area contributed by atoms with Gasteiger partial charge in [-0.05, 0) is 43.7 Å². The fourth-order valence-corrected chi connectivity index (χ4v) is 2.10. The van der Waals surface area contributed by atoms with Crippen molar-refractivity contribution in [3.63, 3.8) is 0 Å². The van der Waals surface area contributed by atoms with E-state index < -0.39 is 6.10 Å². The van der Waals surface area contributed by atoms with E-state index in [-0.39, 0.29) is 6.04 Å². The van der Waals surface area contributed by atoms with Crippen molar-refractivity contribution < 1.29 is 9.84 Å². The number of likely N-dealkylation sites (N-methyl/N-ethyl adjacent to an activating group) is 1. The van der Waals surface area contributed by atoms with Crippen LogP contribution in [0.2, 0.25) is 5.02 Å². The second-order valence-corrected chi connectivity index (χ2v) is 4.54. The van der Waals surface area contributed by atoms with Gasteiger partial charge in [-0.25, -0.2) is 0 Å². The molecule has 0 spiro atoms. The highest BCUT2D eigenvalue weighted by Crippen LogP contribution is 2.31. The molecule has 0 aromatic heterocycles. The van der Waals surface area contributed by atoms with E-state index in [1.807, 2.05) is 26.8 Å². The van der Waals surface area contributed by atoms with Crippen molar-refractivity contribution >= 4 is 11.6 Å². The number of aliphatic hydroxyl groups is 1. The van der Waals surface area contributed by atoms with Crippen molar-refractivity contribution in [3.05, 3.63) is 28.3 Å². The quantitative estimate of drug-likeness (QED) is 0.852. The molecule has 1 rings (SSSR count). The zero-order chi connectivity index (χ0) is 13.0. The van der Waals surface area contributed by atoms with Crippen molar-refractivity contribution in [2.45, 2.75) is 32.9 Å². The number of methoxy groups -OCH3 is 1. The van der Waals surface area contributed by atoms with Crippen LogP contribution in [0.5, 0.6) is 5.75 Å². The normalized spacial score (nSPS) is 14.5. The molecule has 96 valence electrons. The smallest absolute Gasteiger partial charge is 0.137 e. The lowest BCUT2D eigenvalue weighted by atomic mass is 9.98. The minimum atomic E-state index is -0.571. The van der Waals surface area contributed by atoms with Crippen molar-refractivity contribution in [3.8, 4) is 5.75 Å². The molecule has 0 fully saturated rings. The highest BCUT2D eigenvalue weighted by atomic mass is 35.5. The van der Waals surface area contributed by atoms with Gasteiger partial charge in [0.1, 0.15) is 5.75 Å². The maximum absolute atomic E-state index is 10.2. The van der Waals surface area contributed by atoms with Gasteiger partial charge in [0.05, 0.1) is 18.2 Å². The van der Waals surface area contributed by atoms with Crippen LogP contribution in [0.1, 0.15) is 31.1 Å². The predicted octanol–water partition coefficient (Wildman–Crippen LogP) is 2.69. The summed E-state index contributed by atoms with van der Waals surface area (Å²) in [6, 6.07) is 3.61. The molecule has 2 N–H and O–H groups in total. The van der Waals surface area contributed by atoms with Crippen LogP contribution in [0, 0.1) is 6.92 Å². The number of hydrogen-bond donors (Lipinski definition) is 2. The molecule has 2 atom stereocenters. The topological polar surface area (TPSA) is 41.5 Å². The molecule has 0 saturated heterocycles. The standard InChI is InChI=1S/C13H20ClNO2/c1-5-15-9(3)13(16)10-7-11(14)12(17-4)6-8(10)2/h6-7,9,13,15-16H,5H2,1-4H3. The summed E-state index contributed by atoms with van der Waals surface area (Å²) >= 11 is 6.07. The summed E-state index contributed by atoms with van der Waals surface area (Å²) in [4.78, 5) is 0. The molecule has 3 nitrogen and oxygen atoms in total. The molecule has 2 unspecified atom stereocenters. The van der Waals surface area contributed by atoms with Crippen LogP contribution in [-0.4, -0.2) is 24.8 Å². The van der Waals surface area contributed by atoms with Crippen LogP contribution in [0.25, 0.3) is 0 Å². The van der Waals surface area contributed by atoms with Crippen LogP contribution in [0.3, 0.4) is 0 Å². The molecule has 0 aliphatic carbocycles. The van der Waals surface area contributed by atoms with Gasteiger partial charge >= 0.3 is 0 Å². The highest BCUT2D eigenvalue weighted by molar-refractivity contribution is 6.32. The Hall–Kier alpha value is -0.770. The molecule has 4 heteroatoms. The third-order valence-electron chi connectivity index (χ3n) is 2.86. The van der Waals surface area contributed by atoms with Gasteiger partial charge in [-0.3, -0.25) is 0 Å². The van der Waals surface area contributed by atoms with Crippen molar-refractivity contribution in [2.24, 2.45) is 0 Å². The van der Waals surface area contributed by atoms with E-state index in [1.165, 1.54) is 0 Å². The molecule has 17 heavy (non-hydrogen) atoms. The highest BCUT2D eigenvalue weighted by Gasteiger charge is 2.19. The Morgan fingerprint density at radius 1 is 1.47 bits per heavy atom. The van der Waals surface area contributed by atoms with E-state index in [1.54, 1.807) is 13.2 Å².